The van der Waals surface area contributed by atoms with E-state index >= 15 is 0 Å². The third kappa shape index (κ3) is 6.16. The van der Waals surface area contributed by atoms with Crippen LogP contribution in [-0.4, -0.2) is 34.8 Å². The Hall–Kier alpha value is -3.27. The van der Waals surface area contributed by atoms with Gasteiger partial charge in [-0.2, -0.15) is 13.5 Å². The summed E-state index contributed by atoms with van der Waals surface area (Å²) in [5.41, 5.74) is 3.08. The van der Waals surface area contributed by atoms with Crippen molar-refractivity contribution in [2.75, 3.05) is 14.2 Å². The molecule has 0 radical (unpaired) electrons. The van der Waals surface area contributed by atoms with E-state index in [1.165, 1.54) is 75.0 Å². The Balaban J connectivity index is 1.73. The minimum atomic E-state index is -4.10. The molecule has 0 saturated heterocycles. The van der Waals surface area contributed by atoms with Crippen LogP contribution in [0.1, 0.15) is 15.9 Å². The molecule has 0 saturated carbocycles. The molecule has 0 heterocycles. The van der Waals surface area contributed by atoms with E-state index in [4.69, 9.17) is 36.9 Å². The van der Waals surface area contributed by atoms with Crippen LogP contribution in [0, 0.1) is 0 Å². The van der Waals surface area contributed by atoms with Crippen LogP contribution in [0.15, 0.2) is 70.7 Å². The number of nitrogens with zero attached hydrogens (tertiary/aromatic N) is 1. The number of rotatable bonds is 8. The summed E-state index contributed by atoms with van der Waals surface area (Å²) in [6, 6.07) is 14.7. The Labute approximate surface area is 200 Å². The normalized spacial score (nSPS) is 11.3. The lowest BCUT2D eigenvalue weighted by atomic mass is 10.2. The minimum absolute atomic E-state index is 0.0116. The number of halogens is 2. The van der Waals surface area contributed by atoms with E-state index in [2.05, 4.69) is 10.5 Å². The largest absolute Gasteiger partial charge is 0.497 e. The fraction of sp³-hybridized carbons (Fsp3) is 0.0909. The quantitative estimate of drug-likeness (QED) is 0.272. The Morgan fingerprint density at radius 3 is 2.30 bits per heavy atom. The molecule has 1 N–H and O–H groups in total. The molecular formula is C22H18Cl2N2O6S. The van der Waals surface area contributed by atoms with Gasteiger partial charge in [-0.1, -0.05) is 23.2 Å². The molecule has 0 atom stereocenters. The maximum atomic E-state index is 12.6. The van der Waals surface area contributed by atoms with Gasteiger partial charge in [0.05, 0.1) is 31.0 Å². The molecule has 0 spiro atoms. The molecule has 3 rings (SSSR count). The van der Waals surface area contributed by atoms with Crippen LogP contribution in [0.4, 0.5) is 0 Å². The topological polar surface area (TPSA) is 103 Å². The Kier molecular flexibility index (Phi) is 7.80. The molecule has 0 bridgehead atoms. The molecule has 0 aliphatic heterocycles. The van der Waals surface area contributed by atoms with Crippen LogP contribution in [0.2, 0.25) is 10.0 Å². The van der Waals surface area contributed by atoms with Crippen molar-refractivity contribution in [3.05, 3.63) is 81.8 Å². The van der Waals surface area contributed by atoms with Gasteiger partial charge in [0.1, 0.15) is 10.6 Å². The molecular weight excluding hydrogens is 491 g/mol. The Bertz CT molecular complexity index is 1290. The van der Waals surface area contributed by atoms with E-state index in [9.17, 15) is 13.2 Å². The number of ether oxygens (including phenoxy) is 2. The number of hydrazone groups is 1. The highest BCUT2D eigenvalue weighted by Gasteiger charge is 2.19. The van der Waals surface area contributed by atoms with Crippen molar-refractivity contribution < 1.29 is 26.9 Å². The number of carbonyl (C=O) groups is 1. The van der Waals surface area contributed by atoms with Crippen LogP contribution in [0.25, 0.3) is 0 Å². The lowest BCUT2D eigenvalue weighted by Gasteiger charge is -2.11. The number of hydrogen-bond donors (Lipinski definition) is 1. The van der Waals surface area contributed by atoms with Gasteiger partial charge in [-0.3, -0.25) is 4.79 Å². The van der Waals surface area contributed by atoms with Crippen molar-refractivity contribution in [3.8, 4) is 17.2 Å². The molecule has 0 aromatic heterocycles. The van der Waals surface area contributed by atoms with Gasteiger partial charge in [0.2, 0.25) is 0 Å². The first kappa shape index (κ1) is 24.4. The Morgan fingerprint density at radius 2 is 1.67 bits per heavy atom. The smallest absolute Gasteiger partial charge is 0.339 e. The van der Waals surface area contributed by atoms with E-state index < -0.39 is 16.0 Å². The van der Waals surface area contributed by atoms with Gasteiger partial charge < -0.3 is 13.7 Å². The third-order valence-electron chi connectivity index (χ3n) is 4.29. The standard InChI is InChI=1S/C22H18Cl2N2O6S/c1-30-16-5-7-17(8-6-16)33(28,29)32-20-10-3-14(11-21(20)31-2)13-25-26-22(27)18-9-4-15(23)12-19(18)24/h3-13H,1-2H3,(H,26,27)/b25-13-. The predicted molar refractivity (Wildman–Crippen MR) is 125 cm³/mol. The van der Waals surface area contributed by atoms with Gasteiger partial charge in [-0.25, -0.2) is 5.43 Å². The van der Waals surface area contributed by atoms with Gasteiger partial charge in [-0.05, 0) is 66.2 Å². The molecule has 3 aromatic rings. The number of hydrogen-bond acceptors (Lipinski definition) is 7. The van der Waals surface area contributed by atoms with Crippen molar-refractivity contribution in [1.82, 2.24) is 5.43 Å². The van der Waals surface area contributed by atoms with Gasteiger partial charge in [-0.15, -0.1) is 0 Å². The van der Waals surface area contributed by atoms with Gasteiger partial charge in [0, 0.05) is 5.02 Å². The summed E-state index contributed by atoms with van der Waals surface area (Å²) < 4.78 is 40.6. The van der Waals surface area contributed by atoms with Gasteiger partial charge in [0.25, 0.3) is 5.91 Å². The first-order valence-corrected chi connectivity index (χ1v) is 11.4. The highest BCUT2D eigenvalue weighted by molar-refractivity contribution is 7.87. The lowest BCUT2D eigenvalue weighted by Crippen LogP contribution is -2.18. The number of benzene rings is 3. The van der Waals surface area contributed by atoms with Crippen LogP contribution >= 0.6 is 23.2 Å². The zero-order valence-corrected chi connectivity index (χ0v) is 19.7. The molecule has 172 valence electrons. The average molecular weight is 509 g/mol. The fourth-order valence-corrected chi connectivity index (χ4v) is 4.08. The second-order valence-electron chi connectivity index (χ2n) is 6.45. The lowest BCUT2D eigenvalue weighted by molar-refractivity contribution is 0.0955. The number of amides is 1. The highest BCUT2D eigenvalue weighted by atomic mass is 35.5. The van der Waals surface area contributed by atoms with Crippen molar-refractivity contribution in [1.29, 1.82) is 0 Å². The molecule has 33 heavy (non-hydrogen) atoms. The van der Waals surface area contributed by atoms with Crippen molar-refractivity contribution >= 4 is 45.4 Å². The van der Waals surface area contributed by atoms with Crippen LogP contribution in [-0.2, 0) is 10.1 Å². The molecule has 3 aromatic carbocycles. The SMILES string of the molecule is COc1ccc(S(=O)(=O)Oc2ccc(/C=N\NC(=O)c3ccc(Cl)cc3Cl)cc2OC)cc1. The predicted octanol–water partition coefficient (Wildman–Crippen LogP) is 4.54. The van der Waals surface area contributed by atoms with E-state index in [0.717, 1.165) is 0 Å². The number of methoxy groups -OCH3 is 2. The van der Waals surface area contributed by atoms with E-state index in [1.807, 2.05) is 0 Å². The Morgan fingerprint density at radius 1 is 0.939 bits per heavy atom. The first-order valence-electron chi connectivity index (χ1n) is 9.28. The van der Waals surface area contributed by atoms with Crippen LogP contribution in [0.5, 0.6) is 17.2 Å². The second kappa shape index (κ2) is 10.6. The van der Waals surface area contributed by atoms with Crippen LogP contribution in [0.3, 0.4) is 0 Å². The molecule has 0 aliphatic rings. The van der Waals surface area contributed by atoms with Crippen molar-refractivity contribution in [2.45, 2.75) is 4.90 Å². The highest BCUT2D eigenvalue weighted by Crippen LogP contribution is 2.31. The third-order valence-corrected chi connectivity index (χ3v) is 6.09. The molecule has 0 fully saturated rings. The zero-order valence-electron chi connectivity index (χ0n) is 17.4. The first-order chi connectivity index (χ1) is 15.7. The maximum absolute atomic E-state index is 12.6. The summed E-state index contributed by atoms with van der Waals surface area (Å²) in [6.07, 6.45) is 1.35. The van der Waals surface area contributed by atoms with Gasteiger partial charge in [0.15, 0.2) is 11.5 Å². The summed E-state index contributed by atoms with van der Waals surface area (Å²) in [5, 5.41) is 4.48. The van der Waals surface area contributed by atoms with E-state index in [-0.39, 0.29) is 27.0 Å². The van der Waals surface area contributed by atoms with Gasteiger partial charge >= 0.3 is 10.1 Å². The summed E-state index contributed by atoms with van der Waals surface area (Å²) in [6.45, 7) is 0. The van der Waals surface area contributed by atoms with E-state index in [1.54, 1.807) is 6.07 Å². The summed E-state index contributed by atoms with van der Waals surface area (Å²) in [4.78, 5) is 12.2. The van der Waals surface area contributed by atoms with Crippen LogP contribution < -0.4 is 19.1 Å². The molecule has 0 aliphatic carbocycles. The number of nitrogens with one attached hydrogen (secondary N) is 1. The van der Waals surface area contributed by atoms with E-state index in [0.29, 0.717) is 16.3 Å². The molecule has 0 unspecified atom stereocenters. The van der Waals surface area contributed by atoms with Crippen molar-refractivity contribution in [2.24, 2.45) is 5.10 Å². The average Bonchev–Trinajstić information content (AvgIpc) is 2.79. The second-order valence-corrected chi connectivity index (χ2v) is 8.84. The minimum Gasteiger partial charge on any atom is -0.497 e. The maximum Gasteiger partial charge on any atom is 0.339 e. The molecule has 11 heteroatoms. The molecule has 1 amide bonds. The fourth-order valence-electron chi connectivity index (χ4n) is 2.64. The summed E-state index contributed by atoms with van der Waals surface area (Å²) in [7, 11) is -1.25. The van der Waals surface area contributed by atoms with Crippen molar-refractivity contribution in [3.63, 3.8) is 0 Å². The monoisotopic (exact) mass is 508 g/mol. The summed E-state index contributed by atoms with van der Waals surface area (Å²) >= 11 is 11.8. The number of carbonyl (C=O) groups excluding carboxylic acids is 1. The molecule has 8 nitrogen and oxygen atoms in total. The summed E-state index contributed by atoms with van der Waals surface area (Å²) in [5.74, 6) is 0.136. The zero-order chi connectivity index (χ0) is 24.0.